The van der Waals surface area contributed by atoms with E-state index in [4.69, 9.17) is 18.6 Å². The molecular weight excluding hydrogens is 234 g/mol. The summed E-state index contributed by atoms with van der Waals surface area (Å²) < 4.78 is 21.0. The summed E-state index contributed by atoms with van der Waals surface area (Å²) in [6.45, 7) is 4.12. The number of methoxy groups -OCH3 is 2. The number of hydrogen-bond donors (Lipinski definition) is 1. The highest BCUT2D eigenvalue weighted by atomic mass is 16.7. The normalized spacial score (nSPS) is 13.1. The maximum atomic E-state index is 5.48. The molecule has 0 amide bonds. The van der Waals surface area contributed by atoms with Gasteiger partial charge in [-0.2, -0.15) is 0 Å². The fourth-order valence-corrected chi connectivity index (χ4v) is 1.67. The van der Waals surface area contributed by atoms with Gasteiger partial charge in [0.15, 0.2) is 6.29 Å². The average Bonchev–Trinajstić information content (AvgIpc) is 2.88. The van der Waals surface area contributed by atoms with E-state index in [1.807, 2.05) is 19.1 Å². The molecule has 0 aliphatic rings. The molecule has 0 aliphatic carbocycles. The maximum Gasteiger partial charge on any atom is 0.171 e. The second-order valence-corrected chi connectivity index (χ2v) is 4.07. The zero-order chi connectivity index (χ0) is 13.2. The van der Waals surface area contributed by atoms with E-state index in [0.717, 1.165) is 18.7 Å². The molecule has 1 N–H and O–H groups in total. The van der Waals surface area contributed by atoms with Crippen LogP contribution >= 0.6 is 0 Å². The second-order valence-electron chi connectivity index (χ2n) is 4.07. The topological polar surface area (TPSA) is 52.9 Å². The van der Waals surface area contributed by atoms with Gasteiger partial charge >= 0.3 is 0 Å². The smallest absolute Gasteiger partial charge is 0.171 e. The highest BCUT2D eigenvalue weighted by Crippen LogP contribution is 2.02. The van der Waals surface area contributed by atoms with E-state index in [-0.39, 0.29) is 12.3 Å². The molecule has 18 heavy (non-hydrogen) atoms. The fraction of sp³-hybridized carbons (Fsp3) is 0.692. The molecule has 0 radical (unpaired) electrons. The van der Waals surface area contributed by atoms with Crippen LogP contribution in [0.4, 0.5) is 0 Å². The summed E-state index contributed by atoms with van der Waals surface area (Å²) >= 11 is 0. The minimum atomic E-state index is -0.214. The van der Waals surface area contributed by atoms with Crippen molar-refractivity contribution in [3.8, 4) is 0 Å². The zero-order valence-electron chi connectivity index (χ0n) is 11.3. The summed E-state index contributed by atoms with van der Waals surface area (Å²) in [6, 6.07) is 3.92. The van der Waals surface area contributed by atoms with E-state index in [1.165, 1.54) is 0 Å². The molecule has 5 nitrogen and oxygen atoms in total. The highest BCUT2D eigenvalue weighted by molar-refractivity contribution is 4.95. The van der Waals surface area contributed by atoms with E-state index in [9.17, 15) is 0 Å². The Morgan fingerprint density at radius 3 is 2.72 bits per heavy atom. The largest absolute Gasteiger partial charge is 0.467 e. The van der Waals surface area contributed by atoms with Crippen LogP contribution in [0.1, 0.15) is 19.1 Å². The molecule has 1 aromatic heterocycles. The molecule has 0 aliphatic heterocycles. The summed E-state index contributed by atoms with van der Waals surface area (Å²) in [7, 11) is 3.28. The van der Waals surface area contributed by atoms with E-state index in [1.54, 1.807) is 20.5 Å². The van der Waals surface area contributed by atoms with E-state index in [0.29, 0.717) is 13.2 Å². The van der Waals surface area contributed by atoms with Crippen LogP contribution in [-0.2, 0) is 20.8 Å². The van der Waals surface area contributed by atoms with Crippen molar-refractivity contribution in [2.45, 2.75) is 32.3 Å². The first-order chi connectivity index (χ1) is 8.77. The quantitative estimate of drug-likeness (QED) is 0.511. The van der Waals surface area contributed by atoms with Crippen LogP contribution in [0, 0.1) is 0 Å². The standard InChI is InChI=1S/C13H23NO4/c1-11(13(15-2)16-3)14-7-5-8-17-10-12-6-4-9-18-12/h4,6,9,11,13-14H,5,7-8,10H2,1-3H3. The molecule has 1 rings (SSSR count). The lowest BCUT2D eigenvalue weighted by Gasteiger charge is -2.22. The van der Waals surface area contributed by atoms with Crippen molar-refractivity contribution in [3.63, 3.8) is 0 Å². The molecule has 0 spiro atoms. The molecule has 0 fully saturated rings. The molecule has 0 saturated heterocycles. The van der Waals surface area contributed by atoms with Crippen molar-refractivity contribution in [1.82, 2.24) is 5.32 Å². The lowest BCUT2D eigenvalue weighted by atomic mass is 10.3. The summed E-state index contributed by atoms with van der Waals surface area (Å²) in [4.78, 5) is 0. The summed E-state index contributed by atoms with van der Waals surface area (Å²) in [6.07, 6.45) is 2.37. The van der Waals surface area contributed by atoms with Gasteiger partial charge in [0.25, 0.3) is 0 Å². The zero-order valence-corrected chi connectivity index (χ0v) is 11.3. The van der Waals surface area contributed by atoms with Crippen molar-refractivity contribution in [3.05, 3.63) is 24.2 Å². The molecule has 1 heterocycles. The second kappa shape index (κ2) is 9.10. The van der Waals surface area contributed by atoms with Crippen LogP contribution in [0.15, 0.2) is 22.8 Å². The van der Waals surface area contributed by atoms with E-state index >= 15 is 0 Å². The Kier molecular flexibility index (Phi) is 7.68. The number of nitrogens with one attached hydrogen (secondary N) is 1. The third kappa shape index (κ3) is 5.64. The molecule has 1 atom stereocenters. The molecule has 0 aromatic carbocycles. The van der Waals surface area contributed by atoms with Crippen LogP contribution in [0.25, 0.3) is 0 Å². The van der Waals surface area contributed by atoms with Crippen molar-refractivity contribution in [1.29, 1.82) is 0 Å². The van der Waals surface area contributed by atoms with Crippen LogP contribution < -0.4 is 5.32 Å². The molecule has 0 bridgehead atoms. The first-order valence-electron chi connectivity index (χ1n) is 6.17. The van der Waals surface area contributed by atoms with Gasteiger partial charge in [0.1, 0.15) is 12.4 Å². The molecule has 1 unspecified atom stereocenters. The highest BCUT2D eigenvalue weighted by Gasteiger charge is 2.14. The molecule has 1 aromatic rings. The Balaban J connectivity index is 1.98. The van der Waals surface area contributed by atoms with Gasteiger partial charge in [-0.25, -0.2) is 0 Å². The number of hydrogen-bond acceptors (Lipinski definition) is 5. The van der Waals surface area contributed by atoms with E-state index < -0.39 is 0 Å². The van der Waals surface area contributed by atoms with Gasteiger partial charge in [-0.15, -0.1) is 0 Å². The van der Waals surface area contributed by atoms with Crippen molar-refractivity contribution >= 4 is 0 Å². The Bertz CT molecular complexity index is 285. The van der Waals surface area contributed by atoms with Crippen LogP contribution in [-0.4, -0.2) is 39.7 Å². The number of ether oxygens (including phenoxy) is 3. The maximum absolute atomic E-state index is 5.48. The van der Waals surface area contributed by atoms with Crippen molar-refractivity contribution < 1.29 is 18.6 Å². The van der Waals surface area contributed by atoms with Crippen LogP contribution in [0.3, 0.4) is 0 Å². The van der Waals surface area contributed by atoms with Gasteiger partial charge in [-0.1, -0.05) is 0 Å². The van der Waals surface area contributed by atoms with Crippen LogP contribution in [0.2, 0.25) is 0 Å². The summed E-state index contributed by atoms with van der Waals surface area (Å²) in [5.41, 5.74) is 0. The molecular formula is C13H23NO4. The number of rotatable bonds is 10. The predicted octanol–water partition coefficient (Wildman–Crippen LogP) is 1.78. The lowest BCUT2D eigenvalue weighted by Crippen LogP contribution is -2.40. The molecule has 104 valence electrons. The average molecular weight is 257 g/mol. The Morgan fingerprint density at radius 2 is 2.11 bits per heavy atom. The Hall–Kier alpha value is -0.880. The van der Waals surface area contributed by atoms with Gasteiger partial charge < -0.3 is 23.9 Å². The lowest BCUT2D eigenvalue weighted by molar-refractivity contribution is -0.119. The summed E-state index contributed by atoms with van der Waals surface area (Å²) in [5, 5.41) is 3.32. The first kappa shape index (κ1) is 15.2. The third-order valence-corrected chi connectivity index (χ3v) is 2.63. The molecule has 0 saturated carbocycles. The van der Waals surface area contributed by atoms with Gasteiger partial charge in [-0.05, 0) is 32.0 Å². The third-order valence-electron chi connectivity index (χ3n) is 2.63. The minimum absolute atomic E-state index is 0.157. The van der Waals surface area contributed by atoms with Gasteiger partial charge in [-0.3, -0.25) is 0 Å². The summed E-state index contributed by atoms with van der Waals surface area (Å²) in [5.74, 6) is 0.857. The molecule has 5 heteroatoms. The minimum Gasteiger partial charge on any atom is -0.467 e. The van der Waals surface area contributed by atoms with E-state index in [2.05, 4.69) is 5.32 Å². The SMILES string of the molecule is COC(OC)C(C)NCCCOCc1ccco1. The Labute approximate surface area is 108 Å². The van der Waals surface area contributed by atoms with Crippen molar-refractivity contribution in [2.75, 3.05) is 27.4 Å². The predicted molar refractivity (Wildman–Crippen MR) is 68.3 cm³/mol. The van der Waals surface area contributed by atoms with Gasteiger partial charge in [0.2, 0.25) is 0 Å². The Morgan fingerprint density at radius 1 is 1.33 bits per heavy atom. The van der Waals surface area contributed by atoms with Crippen LogP contribution in [0.5, 0.6) is 0 Å². The monoisotopic (exact) mass is 257 g/mol. The van der Waals surface area contributed by atoms with Crippen molar-refractivity contribution in [2.24, 2.45) is 0 Å². The fourth-order valence-electron chi connectivity index (χ4n) is 1.67. The first-order valence-corrected chi connectivity index (χ1v) is 6.17. The van der Waals surface area contributed by atoms with Gasteiger partial charge in [0.05, 0.1) is 12.3 Å². The number of furan rings is 1. The van der Waals surface area contributed by atoms with Gasteiger partial charge in [0, 0.05) is 20.8 Å².